The van der Waals surface area contributed by atoms with Gasteiger partial charge in [0.2, 0.25) is 0 Å². The van der Waals surface area contributed by atoms with Crippen LogP contribution in [0.1, 0.15) is 34.1 Å². The molecule has 0 aliphatic heterocycles. The second kappa shape index (κ2) is 7.03. The largest absolute Gasteiger partial charge is 0.478 e. The molecule has 0 saturated carbocycles. The number of hydrogen-bond acceptors (Lipinski definition) is 3. The average molecular weight is 253 g/mol. The number of aromatic nitrogens is 2. The van der Waals surface area contributed by atoms with Crippen LogP contribution in [0.3, 0.4) is 0 Å². The Morgan fingerprint density at radius 3 is 2.83 bits per heavy atom. The van der Waals surface area contributed by atoms with Gasteiger partial charge in [0.25, 0.3) is 5.91 Å². The lowest BCUT2D eigenvalue weighted by atomic mass is 10.2. The van der Waals surface area contributed by atoms with Gasteiger partial charge >= 0.3 is 0 Å². The molecule has 1 rings (SSSR count). The van der Waals surface area contributed by atoms with E-state index >= 15 is 0 Å². The van der Waals surface area contributed by atoms with Crippen LogP contribution >= 0.6 is 0 Å². The number of aryl methyl sites for hydroxylation is 1. The van der Waals surface area contributed by atoms with Crippen molar-refractivity contribution in [1.82, 2.24) is 15.1 Å². The second-order valence-corrected chi connectivity index (χ2v) is 4.84. The first-order valence-electron chi connectivity index (χ1n) is 6.49. The molecule has 0 aromatic carbocycles. The van der Waals surface area contributed by atoms with E-state index in [2.05, 4.69) is 31.2 Å². The van der Waals surface area contributed by atoms with Crippen LogP contribution in [0.4, 0.5) is 0 Å². The Balaban J connectivity index is 2.42. The Morgan fingerprint density at radius 2 is 2.22 bits per heavy atom. The quantitative estimate of drug-likeness (QED) is 0.806. The fourth-order valence-corrected chi connectivity index (χ4v) is 1.46. The van der Waals surface area contributed by atoms with Crippen LogP contribution in [-0.2, 0) is 11.3 Å². The number of nitrogens with one attached hydrogen (secondary N) is 1. The van der Waals surface area contributed by atoms with Gasteiger partial charge in [-0.15, -0.1) is 0 Å². The molecule has 1 aromatic rings. The predicted molar refractivity (Wildman–Crippen MR) is 70.5 cm³/mol. The van der Waals surface area contributed by atoms with E-state index in [0.717, 1.165) is 13.0 Å². The van der Waals surface area contributed by atoms with Crippen LogP contribution < -0.4 is 10.1 Å². The second-order valence-electron chi connectivity index (χ2n) is 4.84. The lowest BCUT2D eigenvalue weighted by Crippen LogP contribution is -2.38. The molecule has 1 heterocycles. The first-order chi connectivity index (χ1) is 8.52. The van der Waals surface area contributed by atoms with Crippen LogP contribution in [0.15, 0.2) is 12.4 Å². The zero-order valence-corrected chi connectivity index (χ0v) is 11.6. The van der Waals surface area contributed by atoms with Crippen molar-refractivity contribution in [2.45, 2.75) is 46.8 Å². The van der Waals surface area contributed by atoms with E-state index in [1.54, 1.807) is 13.1 Å². The molecule has 0 bridgehead atoms. The minimum absolute atomic E-state index is 0.0908. The molecule has 0 aliphatic carbocycles. The zero-order valence-electron chi connectivity index (χ0n) is 11.6. The van der Waals surface area contributed by atoms with Gasteiger partial charge in [0.05, 0.1) is 12.4 Å². The summed E-state index contributed by atoms with van der Waals surface area (Å²) in [6.07, 6.45) is 3.98. The molecule has 1 aromatic heterocycles. The summed E-state index contributed by atoms with van der Waals surface area (Å²) in [5.74, 6) is 0.982. The van der Waals surface area contributed by atoms with E-state index in [0.29, 0.717) is 18.2 Å². The van der Waals surface area contributed by atoms with Crippen molar-refractivity contribution in [3.8, 4) is 5.75 Å². The molecule has 0 fully saturated rings. The van der Waals surface area contributed by atoms with Crippen LogP contribution in [0, 0.1) is 5.92 Å². The Labute approximate surface area is 109 Å². The summed E-state index contributed by atoms with van der Waals surface area (Å²) < 4.78 is 7.35. The predicted octanol–water partition coefficient (Wildman–Crippen LogP) is 1.83. The van der Waals surface area contributed by atoms with Crippen molar-refractivity contribution in [2.75, 3.05) is 6.54 Å². The maximum absolute atomic E-state index is 11.7. The van der Waals surface area contributed by atoms with Gasteiger partial charge in [0, 0.05) is 13.1 Å². The smallest absolute Gasteiger partial charge is 0.260 e. The van der Waals surface area contributed by atoms with Crippen molar-refractivity contribution in [2.24, 2.45) is 5.92 Å². The van der Waals surface area contributed by atoms with E-state index in [4.69, 9.17) is 4.74 Å². The van der Waals surface area contributed by atoms with Gasteiger partial charge in [-0.05, 0) is 19.3 Å². The summed E-state index contributed by atoms with van der Waals surface area (Å²) in [6.45, 7) is 9.47. The van der Waals surface area contributed by atoms with E-state index < -0.39 is 6.10 Å². The number of rotatable bonds is 7. The molecule has 5 heteroatoms. The molecule has 0 spiro atoms. The molecule has 102 valence electrons. The Morgan fingerprint density at radius 1 is 1.50 bits per heavy atom. The minimum Gasteiger partial charge on any atom is -0.478 e. The van der Waals surface area contributed by atoms with Crippen molar-refractivity contribution in [1.29, 1.82) is 0 Å². The molecule has 5 nitrogen and oxygen atoms in total. The van der Waals surface area contributed by atoms with Gasteiger partial charge in [0.15, 0.2) is 11.9 Å². The van der Waals surface area contributed by atoms with E-state index in [-0.39, 0.29) is 5.91 Å². The van der Waals surface area contributed by atoms with Gasteiger partial charge in [-0.1, -0.05) is 20.8 Å². The first-order valence-corrected chi connectivity index (χ1v) is 6.49. The Kier molecular flexibility index (Phi) is 5.68. The molecule has 1 unspecified atom stereocenters. The maximum Gasteiger partial charge on any atom is 0.260 e. The summed E-state index contributed by atoms with van der Waals surface area (Å²) in [4.78, 5) is 11.7. The fourth-order valence-electron chi connectivity index (χ4n) is 1.46. The standard InChI is InChI=1S/C13H23N3O2/c1-5-6-16-9-12(8-15-16)18-11(4)13(17)14-7-10(2)3/h8-11H,5-7H2,1-4H3,(H,14,17). The molecule has 1 N–H and O–H groups in total. The molecule has 1 atom stereocenters. The van der Waals surface area contributed by atoms with Gasteiger partial charge < -0.3 is 10.1 Å². The number of hydrogen-bond donors (Lipinski definition) is 1. The zero-order chi connectivity index (χ0) is 13.5. The third-order valence-corrected chi connectivity index (χ3v) is 2.43. The number of ether oxygens (including phenoxy) is 1. The number of carbonyl (C=O) groups is 1. The van der Waals surface area contributed by atoms with Crippen molar-refractivity contribution in [3.05, 3.63) is 12.4 Å². The van der Waals surface area contributed by atoms with Gasteiger partial charge in [-0.2, -0.15) is 5.10 Å². The van der Waals surface area contributed by atoms with Gasteiger partial charge in [-0.25, -0.2) is 0 Å². The fraction of sp³-hybridized carbons (Fsp3) is 0.692. The molecule has 0 radical (unpaired) electrons. The Bertz CT molecular complexity index is 374. The summed E-state index contributed by atoms with van der Waals surface area (Å²) >= 11 is 0. The lowest BCUT2D eigenvalue weighted by Gasteiger charge is -2.14. The third kappa shape index (κ3) is 4.77. The van der Waals surface area contributed by atoms with Crippen LogP contribution in [0.25, 0.3) is 0 Å². The van der Waals surface area contributed by atoms with Crippen LogP contribution in [0.2, 0.25) is 0 Å². The molecule has 0 aliphatic rings. The lowest BCUT2D eigenvalue weighted by molar-refractivity contribution is -0.127. The highest BCUT2D eigenvalue weighted by molar-refractivity contribution is 5.80. The minimum atomic E-state index is -0.497. The monoisotopic (exact) mass is 253 g/mol. The van der Waals surface area contributed by atoms with Gasteiger partial charge in [-0.3, -0.25) is 9.48 Å². The van der Waals surface area contributed by atoms with Crippen molar-refractivity contribution in [3.63, 3.8) is 0 Å². The van der Waals surface area contributed by atoms with E-state index in [1.165, 1.54) is 0 Å². The average Bonchev–Trinajstić information content (AvgIpc) is 2.73. The molecule has 0 saturated heterocycles. The topological polar surface area (TPSA) is 56.1 Å². The van der Waals surface area contributed by atoms with E-state index in [9.17, 15) is 4.79 Å². The summed E-state index contributed by atoms with van der Waals surface area (Å²) in [5.41, 5.74) is 0. The normalized spacial score (nSPS) is 12.5. The number of carbonyl (C=O) groups excluding carboxylic acids is 1. The summed E-state index contributed by atoms with van der Waals surface area (Å²) in [6, 6.07) is 0. The number of nitrogens with zero attached hydrogens (tertiary/aromatic N) is 2. The van der Waals surface area contributed by atoms with Crippen LogP contribution in [0.5, 0.6) is 5.75 Å². The summed E-state index contributed by atoms with van der Waals surface area (Å²) in [7, 11) is 0. The maximum atomic E-state index is 11.7. The van der Waals surface area contributed by atoms with E-state index in [1.807, 2.05) is 10.9 Å². The molecule has 1 amide bonds. The molecule has 18 heavy (non-hydrogen) atoms. The van der Waals surface area contributed by atoms with Crippen molar-refractivity contribution < 1.29 is 9.53 Å². The Hall–Kier alpha value is -1.52. The van der Waals surface area contributed by atoms with Crippen molar-refractivity contribution >= 4 is 5.91 Å². The SMILES string of the molecule is CCCn1cc(OC(C)C(=O)NCC(C)C)cn1. The molecular weight excluding hydrogens is 230 g/mol. The third-order valence-electron chi connectivity index (χ3n) is 2.43. The first kappa shape index (κ1) is 14.5. The van der Waals surface area contributed by atoms with Crippen LogP contribution in [-0.4, -0.2) is 28.3 Å². The highest BCUT2D eigenvalue weighted by Crippen LogP contribution is 2.11. The number of amides is 1. The van der Waals surface area contributed by atoms with Gasteiger partial charge in [0.1, 0.15) is 0 Å². The summed E-state index contributed by atoms with van der Waals surface area (Å²) in [5, 5.41) is 7.00. The molecular formula is C13H23N3O2. The highest BCUT2D eigenvalue weighted by Gasteiger charge is 2.15. The highest BCUT2D eigenvalue weighted by atomic mass is 16.5.